The molecule has 24 heavy (non-hydrogen) atoms. The fourth-order valence-corrected chi connectivity index (χ4v) is 2.88. The van der Waals surface area contributed by atoms with E-state index >= 15 is 0 Å². The lowest BCUT2D eigenvalue weighted by molar-refractivity contribution is 0.481. The number of aliphatic imine (C=N–C) groups is 1. The highest BCUT2D eigenvalue weighted by molar-refractivity contribution is 5.98. The van der Waals surface area contributed by atoms with E-state index in [-0.39, 0.29) is 5.75 Å². The Morgan fingerprint density at radius 2 is 1.54 bits per heavy atom. The van der Waals surface area contributed by atoms with Gasteiger partial charge in [-0.2, -0.15) is 0 Å². The van der Waals surface area contributed by atoms with E-state index in [0.29, 0.717) is 0 Å². The smallest absolute Gasteiger partial charge is 0.123 e. The van der Waals surface area contributed by atoms with Gasteiger partial charge in [0.25, 0.3) is 0 Å². The van der Waals surface area contributed by atoms with Crippen LogP contribution in [0.25, 0.3) is 10.8 Å². The van der Waals surface area contributed by atoms with Crippen molar-refractivity contribution < 1.29 is 5.11 Å². The Bertz CT molecular complexity index is 849. The predicted molar refractivity (Wildman–Crippen MR) is 103 cm³/mol. The maximum atomic E-state index is 9.95. The lowest BCUT2D eigenvalue weighted by atomic mass is 10.1. The van der Waals surface area contributed by atoms with Gasteiger partial charge in [-0.25, -0.2) is 0 Å². The number of nitrogens with zero attached hydrogens (tertiary/aromatic N) is 2. The van der Waals surface area contributed by atoms with E-state index in [1.165, 1.54) is 5.69 Å². The summed E-state index contributed by atoms with van der Waals surface area (Å²) in [5.74, 6) is 0.285. The lowest BCUT2D eigenvalue weighted by Crippen LogP contribution is -2.21. The molecule has 3 aromatic rings. The van der Waals surface area contributed by atoms with Crippen LogP contribution in [0.15, 0.2) is 65.7 Å². The number of rotatable bonds is 5. The maximum absolute atomic E-state index is 9.95. The average molecular weight is 318 g/mol. The first-order valence-electron chi connectivity index (χ1n) is 8.32. The molecular formula is C21H22N2O. The van der Waals surface area contributed by atoms with Gasteiger partial charge in [0.15, 0.2) is 0 Å². The summed E-state index contributed by atoms with van der Waals surface area (Å²) in [4.78, 5) is 6.92. The summed E-state index contributed by atoms with van der Waals surface area (Å²) in [6.45, 7) is 6.33. The SMILES string of the molecule is CCN(CC)c1ccc(C=Nc2ccc(O)c3ccccc23)cc1. The first kappa shape index (κ1) is 16.1. The Morgan fingerprint density at radius 3 is 2.21 bits per heavy atom. The summed E-state index contributed by atoms with van der Waals surface area (Å²) in [5.41, 5.74) is 3.14. The molecule has 0 heterocycles. The average Bonchev–Trinajstić information content (AvgIpc) is 2.63. The van der Waals surface area contributed by atoms with E-state index in [4.69, 9.17) is 0 Å². The Morgan fingerprint density at radius 1 is 0.875 bits per heavy atom. The minimum absolute atomic E-state index is 0.285. The minimum Gasteiger partial charge on any atom is -0.507 e. The topological polar surface area (TPSA) is 35.8 Å². The highest BCUT2D eigenvalue weighted by Crippen LogP contribution is 2.32. The fourth-order valence-electron chi connectivity index (χ4n) is 2.88. The van der Waals surface area contributed by atoms with Gasteiger partial charge in [-0.3, -0.25) is 4.99 Å². The number of anilines is 1. The quantitative estimate of drug-likeness (QED) is 0.661. The number of phenols is 1. The molecule has 0 aliphatic carbocycles. The highest BCUT2D eigenvalue weighted by Gasteiger charge is 2.04. The second kappa shape index (κ2) is 7.18. The van der Waals surface area contributed by atoms with E-state index < -0.39 is 0 Å². The van der Waals surface area contributed by atoms with Gasteiger partial charge < -0.3 is 10.0 Å². The van der Waals surface area contributed by atoms with Crippen LogP contribution >= 0.6 is 0 Å². The molecule has 0 amide bonds. The molecule has 0 aliphatic rings. The Hall–Kier alpha value is -2.81. The van der Waals surface area contributed by atoms with Crippen molar-refractivity contribution in [3.63, 3.8) is 0 Å². The van der Waals surface area contributed by atoms with Crippen LogP contribution in [0.2, 0.25) is 0 Å². The molecular weight excluding hydrogens is 296 g/mol. The molecule has 122 valence electrons. The Labute approximate surface area is 142 Å². The Kier molecular flexibility index (Phi) is 4.80. The molecule has 0 spiro atoms. The third-order valence-corrected chi connectivity index (χ3v) is 4.25. The van der Waals surface area contributed by atoms with Crippen LogP contribution in [0, 0.1) is 0 Å². The second-order valence-electron chi connectivity index (χ2n) is 5.67. The van der Waals surface area contributed by atoms with Gasteiger partial charge in [0.1, 0.15) is 5.75 Å². The molecule has 0 saturated carbocycles. The molecule has 0 bridgehead atoms. The van der Waals surface area contributed by atoms with Crippen LogP contribution in [0.5, 0.6) is 5.75 Å². The lowest BCUT2D eigenvalue weighted by Gasteiger charge is -2.20. The molecule has 0 fully saturated rings. The number of hydrogen-bond donors (Lipinski definition) is 1. The monoisotopic (exact) mass is 318 g/mol. The van der Waals surface area contributed by atoms with Crippen LogP contribution in [-0.2, 0) is 0 Å². The summed E-state index contributed by atoms with van der Waals surface area (Å²) in [6, 6.07) is 19.7. The molecule has 0 atom stereocenters. The van der Waals surface area contributed by atoms with E-state index in [1.54, 1.807) is 6.07 Å². The van der Waals surface area contributed by atoms with Crippen LogP contribution in [0.1, 0.15) is 19.4 Å². The number of fused-ring (bicyclic) bond motifs is 1. The maximum Gasteiger partial charge on any atom is 0.123 e. The summed E-state index contributed by atoms with van der Waals surface area (Å²) < 4.78 is 0. The zero-order chi connectivity index (χ0) is 16.9. The third kappa shape index (κ3) is 3.25. The number of benzene rings is 3. The Balaban J connectivity index is 1.88. The normalized spacial score (nSPS) is 11.2. The van der Waals surface area contributed by atoms with Gasteiger partial charge in [0.2, 0.25) is 0 Å². The van der Waals surface area contributed by atoms with Gasteiger partial charge in [-0.15, -0.1) is 0 Å². The van der Waals surface area contributed by atoms with E-state index in [1.807, 2.05) is 36.5 Å². The first-order valence-corrected chi connectivity index (χ1v) is 8.32. The summed E-state index contributed by atoms with van der Waals surface area (Å²) >= 11 is 0. The van der Waals surface area contributed by atoms with Gasteiger partial charge in [-0.05, 0) is 43.7 Å². The molecule has 3 nitrogen and oxygen atoms in total. The zero-order valence-corrected chi connectivity index (χ0v) is 14.1. The standard InChI is InChI=1S/C21H22N2O/c1-3-23(4-2)17-11-9-16(10-12-17)15-22-20-13-14-21(24)19-8-6-5-7-18(19)20/h5-15,24H,3-4H2,1-2H3. The summed E-state index contributed by atoms with van der Waals surface area (Å²) in [7, 11) is 0. The largest absolute Gasteiger partial charge is 0.507 e. The van der Waals surface area contributed by atoms with Gasteiger partial charge in [-0.1, -0.05) is 36.4 Å². The minimum atomic E-state index is 0.285. The molecule has 3 aromatic carbocycles. The van der Waals surface area contributed by atoms with Crippen LogP contribution in [0.3, 0.4) is 0 Å². The summed E-state index contributed by atoms with van der Waals surface area (Å²) in [5, 5.41) is 11.7. The molecule has 0 aliphatic heterocycles. The van der Waals surface area contributed by atoms with Crippen molar-refractivity contribution in [1.82, 2.24) is 0 Å². The van der Waals surface area contributed by atoms with Crippen LogP contribution in [-0.4, -0.2) is 24.4 Å². The number of aromatic hydroxyl groups is 1. The van der Waals surface area contributed by atoms with Crippen molar-refractivity contribution in [3.8, 4) is 5.75 Å². The molecule has 0 aromatic heterocycles. The van der Waals surface area contributed by atoms with Crippen molar-refractivity contribution in [1.29, 1.82) is 0 Å². The number of hydrogen-bond acceptors (Lipinski definition) is 3. The van der Waals surface area contributed by atoms with E-state index in [2.05, 4.69) is 48.0 Å². The van der Waals surface area contributed by atoms with Gasteiger partial charge >= 0.3 is 0 Å². The van der Waals surface area contributed by atoms with Crippen LogP contribution in [0.4, 0.5) is 11.4 Å². The van der Waals surface area contributed by atoms with Gasteiger partial charge in [0.05, 0.1) is 5.69 Å². The van der Waals surface area contributed by atoms with Crippen molar-refractivity contribution in [2.75, 3.05) is 18.0 Å². The van der Waals surface area contributed by atoms with E-state index in [0.717, 1.165) is 35.1 Å². The van der Waals surface area contributed by atoms with Gasteiger partial charge in [0, 0.05) is 35.8 Å². The van der Waals surface area contributed by atoms with Crippen molar-refractivity contribution in [3.05, 3.63) is 66.2 Å². The third-order valence-electron chi connectivity index (χ3n) is 4.25. The summed E-state index contributed by atoms with van der Waals surface area (Å²) in [6.07, 6.45) is 1.87. The molecule has 1 N–H and O–H groups in total. The van der Waals surface area contributed by atoms with Crippen LogP contribution < -0.4 is 4.90 Å². The number of phenolic OH excluding ortho intramolecular Hbond substituents is 1. The molecule has 0 radical (unpaired) electrons. The zero-order valence-electron chi connectivity index (χ0n) is 14.1. The van der Waals surface area contributed by atoms with Crippen molar-refractivity contribution in [2.24, 2.45) is 4.99 Å². The molecule has 3 heteroatoms. The highest BCUT2D eigenvalue weighted by atomic mass is 16.3. The molecule has 0 saturated heterocycles. The van der Waals surface area contributed by atoms with E-state index in [9.17, 15) is 5.11 Å². The van der Waals surface area contributed by atoms with Crippen molar-refractivity contribution in [2.45, 2.75) is 13.8 Å². The van der Waals surface area contributed by atoms with Crippen molar-refractivity contribution >= 4 is 28.4 Å². The fraction of sp³-hybridized carbons (Fsp3) is 0.190. The molecule has 0 unspecified atom stereocenters. The second-order valence-corrected chi connectivity index (χ2v) is 5.67. The molecule has 3 rings (SSSR count). The predicted octanol–water partition coefficient (Wildman–Crippen LogP) is 5.14. The first-order chi connectivity index (χ1) is 11.7.